The van der Waals surface area contributed by atoms with Crippen molar-refractivity contribution in [1.82, 2.24) is 14.9 Å². The SMILES string of the molecule is Cc1oc(-c2ccccc2)nc1CC(=O)N1CCCC(C(=O)Nc2ccc(Br)cn2)C1. The lowest BCUT2D eigenvalue weighted by Crippen LogP contribution is -2.44. The van der Waals surface area contributed by atoms with Crippen LogP contribution in [0.4, 0.5) is 5.82 Å². The van der Waals surface area contributed by atoms with Crippen LogP contribution in [0.15, 0.2) is 57.6 Å². The van der Waals surface area contributed by atoms with Crippen molar-refractivity contribution in [3.05, 3.63) is 64.6 Å². The number of anilines is 1. The first-order chi connectivity index (χ1) is 15.0. The summed E-state index contributed by atoms with van der Waals surface area (Å²) in [6.45, 7) is 2.85. The second-order valence-corrected chi connectivity index (χ2v) is 8.51. The lowest BCUT2D eigenvalue weighted by Gasteiger charge is -2.32. The number of oxazole rings is 1. The van der Waals surface area contributed by atoms with E-state index in [0.29, 0.717) is 36.3 Å². The predicted molar refractivity (Wildman–Crippen MR) is 120 cm³/mol. The number of piperidine rings is 1. The van der Waals surface area contributed by atoms with Gasteiger partial charge in [-0.05, 0) is 60.0 Å². The van der Waals surface area contributed by atoms with Gasteiger partial charge in [-0.25, -0.2) is 9.97 Å². The molecule has 8 heteroatoms. The zero-order chi connectivity index (χ0) is 21.8. The standard InChI is InChI=1S/C23H23BrN4O3/c1-15-19(26-23(31-15)16-6-3-2-4-7-16)12-21(29)28-11-5-8-17(14-28)22(30)27-20-10-9-18(24)13-25-20/h2-4,6-7,9-10,13,17H,5,8,11-12,14H2,1H3,(H,25,27,30). The van der Waals surface area contributed by atoms with Crippen LogP contribution in [0.5, 0.6) is 0 Å². The number of amides is 2. The van der Waals surface area contributed by atoms with Crippen LogP contribution in [0.2, 0.25) is 0 Å². The van der Waals surface area contributed by atoms with Crippen molar-refractivity contribution in [2.24, 2.45) is 5.92 Å². The number of likely N-dealkylation sites (tertiary alicyclic amines) is 1. The van der Waals surface area contributed by atoms with E-state index in [4.69, 9.17) is 4.42 Å². The van der Waals surface area contributed by atoms with E-state index >= 15 is 0 Å². The third-order valence-electron chi connectivity index (χ3n) is 5.36. The zero-order valence-corrected chi connectivity index (χ0v) is 18.8. The van der Waals surface area contributed by atoms with Crippen molar-refractivity contribution in [2.45, 2.75) is 26.2 Å². The average Bonchev–Trinajstić information content (AvgIpc) is 3.16. The summed E-state index contributed by atoms with van der Waals surface area (Å²) in [6, 6.07) is 13.2. The number of hydrogen-bond acceptors (Lipinski definition) is 5. The molecular weight excluding hydrogens is 460 g/mol. The van der Waals surface area contributed by atoms with E-state index in [-0.39, 0.29) is 24.2 Å². The van der Waals surface area contributed by atoms with Crippen molar-refractivity contribution in [1.29, 1.82) is 0 Å². The Hall–Kier alpha value is -3.00. The monoisotopic (exact) mass is 482 g/mol. The summed E-state index contributed by atoms with van der Waals surface area (Å²) in [7, 11) is 0. The van der Waals surface area contributed by atoms with Gasteiger partial charge in [0.1, 0.15) is 11.6 Å². The van der Waals surface area contributed by atoms with Gasteiger partial charge in [0.2, 0.25) is 17.7 Å². The highest BCUT2D eigenvalue weighted by Crippen LogP contribution is 2.23. The zero-order valence-electron chi connectivity index (χ0n) is 17.2. The highest BCUT2D eigenvalue weighted by molar-refractivity contribution is 9.10. The molecule has 1 saturated heterocycles. The summed E-state index contributed by atoms with van der Waals surface area (Å²) >= 11 is 3.33. The molecule has 1 atom stereocenters. The van der Waals surface area contributed by atoms with Gasteiger partial charge in [-0.2, -0.15) is 0 Å². The van der Waals surface area contributed by atoms with Gasteiger partial charge in [0.15, 0.2) is 0 Å². The first kappa shape index (κ1) is 21.2. The Balaban J connectivity index is 1.38. The molecule has 0 radical (unpaired) electrons. The molecule has 2 aromatic heterocycles. The largest absolute Gasteiger partial charge is 0.441 e. The van der Waals surface area contributed by atoms with E-state index in [1.165, 1.54) is 0 Å². The second kappa shape index (κ2) is 9.43. The van der Waals surface area contributed by atoms with Crippen LogP contribution in [0.25, 0.3) is 11.5 Å². The fraction of sp³-hybridized carbons (Fsp3) is 0.304. The fourth-order valence-electron chi connectivity index (χ4n) is 3.65. The van der Waals surface area contributed by atoms with Gasteiger partial charge in [-0.1, -0.05) is 18.2 Å². The maximum atomic E-state index is 12.9. The topological polar surface area (TPSA) is 88.3 Å². The minimum Gasteiger partial charge on any atom is -0.441 e. The minimum absolute atomic E-state index is 0.0460. The Bertz CT molecular complexity index is 1070. The van der Waals surface area contributed by atoms with E-state index in [2.05, 4.69) is 31.2 Å². The van der Waals surface area contributed by atoms with Crippen molar-refractivity contribution in [2.75, 3.05) is 18.4 Å². The van der Waals surface area contributed by atoms with Crippen LogP contribution < -0.4 is 5.32 Å². The highest BCUT2D eigenvalue weighted by atomic mass is 79.9. The summed E-state index contributed by atoms with van der Waals surface area (Å²) in [5.41, 5.74) is 1.51. The molecule has 1 unspecified atom stereocenters. The first-order valence-corrected chi connectivity index (χ1v) is 11.0. The second-order valence-electron chi connectivity index (χ2n) is 7.59. The Morgan fingerprint density at radius 1 is 1.23 bits per heavy atom. The van der Waals surface area contributed by atoms with Gasteiger partial charge < -0.3 is 14.6 Å². The number of benzene rings is 1. The van der Waals surface area contributed by atoms with Crippen LogP contribution >= 0.6 is 15.9 Å². The molecule has 1 aliphatic rings. The molecule has 1 fully saturated rings. The molecule has 0 bridgehead atoms. The number of nitrogens with one attached hydrogen (secondary N) is 1. The van der Waals surface area contributed by atoms with Crippen LogP contribution in [0.1, 0.15) is 24.3 Å². The van der Waals surface area contributed by atoms with Crippen molar-refractivity contribution in [3.63, 3.8) is 0 Å². The quantitative estimate of drug-likeness (QED) is 0.587. The van der Waals surface area contributed by atoms with E-state index in [0.717, 1.165) is 22.9 Å². The predicted octanol–water partition coefficient (Wildman–Crippen LogP) is 4.23. The molecule has 1 aliphatic heterocycles. The number of halogens is 1. The Morgan fingerprint density at radius 2 is 2.03 bits per heavy atom. The molecule has 1 aromatic carbocycles. The molecule has 0 spiro atoms. The van der Waals surface area contributed by atoms with Gasteiger partial charge in [0, 0.05) is 29.3 Å². The summed E-state index contributed by atoms with van der Waals surface area (Å²) in [5, 5.41) is 2.84. The Kier molecular flexibility index (Phi) is 6.46. The molecule has 7 nitrogen and oxygen atoms in total. The number of aromatic nitrogens is 2. The fourth-order valence-corrected chi connectivity index (χ4v) is 3.88. The minimum atomic E-state index is -0.263. The van der Waals surface area contributed by atoms with Gasteiger partial charge in [0.25, 0.3) is 0 Å². The summed E-state index contributed by atoms with van der Waals surface area (Å²) in [4.78, 5) is 36.0. The van der Waals surface area contributed by atoms with Gasteiger partial charge in [-0.15, -0.1) is 0 Å². The lowest BCUT2D eigenvalue weighted by molar-refractivity contribution is -0.134. The van der Waals surface area contributed by atoms with Crippen LogP contribution in [-0.4, -0.2) is 39.8 Å². The smallest absolute Gasteiger partial charge is 0.230 e. The van der Waals surface area contributed by atoms with Crippen molar-refractivity contribution >= 4 is 33.6 Å². The molecule has 31 heavy (non-hydrogen) atoms. The van der Waals surface area contributed by atoms with Crippen molar-refractivity contribution in [3.8, 4) is 11.5 Å². The van der Waals surface area contributed by atoms with Crippen LogP contribution in [-0.2, 0) is 16.0 Å². The van der Waals surface area contributed by atoms with Crippen molar-refractivity contribution < 1.29 is 14.0 Å². The first-order valence-electron chi connectivity index (χ1n) is 10.2. The molecule has 3 heterocycles. The number of nitrogens with zero attached hydrogens (tertiary/aromatic N) is 3. The Morgan fingerprint density at radius 3 is 2.77 bits per heavy atom. The van der Waals surface area contributed by atoms with E-state index < -0.39 is 0 Å². The van der Waals surface area contributed by atoms with Gasteiger partial charge in [0.05, 0.1) is 18.0 Å². The normalized spacial score (nSPS) is 16.2. The van der Waals surface area contributed by atoms with Gasteiger partial charge in [-0.3, -0.25) is 9.59 Å². The molecule has 0 saturated carbocycles. The molecule has 1 N–H and O–H groups in total. The Labute approximate surface area is 189 Å². The van der Waals surface area contributed by atoms with E-state index in [1.54, 1.807) is 17.2 Å². The number of hydrogen-bond donors (Lipinski definition) is 1. The number of pyridine rings is 1. The lowest BCUT2D eigenvalue weighted by atomic mass is 9.96. The maximum Gasteiger partial charge on any atom is 0.230 e. The van der Waals surface area contributed by atoms with E-state index in [9.17, 15) is 9.59 Å². The van der Waals surface area contributed by atoms with Gasteiger partial charge >= 0.3 is 0 Å². The molecule has 2 amide bonds. The van der Waals surface area contributed by atoms with E-state index in [1.807, 2.05) is 43.3 Å². The number of carbonyl (C=O) groups excluding carboxylic acids is 2. The van der Waals surface area contributed by atoms with Crippen LogP contribution in [0.3, 0.4) is 0 Å². The summed E-state index contributed by atoms with van der Waals surface area (Å²) < 4.78 is 6.61. The maximum absolute atomic E-state index is 12.9. The molecule has 3 aromatic rings. The molecule has 0 aliphatic carbocycles. The van der Waals surface area contributed by atoms with Crippen LogP contribution in [0, 0.1) is 12.8 Å². The average molecular weight is 483 g/mol. The summed E-state index contributed by atoms with van der Waals surface area (Å²) in [5.74, 6) is 1.23. The summed E-state index contributed by atoms with van der Waals surface area (Å²) in [6.07, 6.45) is 3.32. The highest BCUT2D eigenvalue weighted by Gasteiger charge is 2.29. The third kappa shape index (κ3) is 5.19. The molecule has 160 valence electrons. The number of aryl methyl sites for hydroxylation is 1. The number of rotatable bonds is 5. The number of carbonyl (C=O) groups is 2. The molecular formula is C23H23BrN4O3. The third-order valence-corrected chi connectivity index (χ3v) is 5.82. The molecule has 4 rings (SSSR count).